The van der Waals surface area contributed by atoms with E-state index in [9.17, 15) is 8.42 Å². The molecule has 24 heavy (non-hydrogen) atoms. The van der Waals surface area contributed by atoms with E-state index in [1.165, 1.54) is 6.26 Å². The Kier molecular flexibility index (Phi) is 11.3. The molecule has 0 atom stereocenters. The summed E-state index contributed by atoms with van der Waals surface area (Å²) in [6.07, 6.45) is 1.18. The summed E-state index contributed by atoms with van der Waals surface area (Å²) >= 11 is 12.0. The van der Waals surface area contributed by atoms with Gasteiger partial charge in [0.25, 0.3) is 0 Å². The molecule has 0 spiro atoms. The SMILES string of the molecule is CN=C(NCCOCCS(C)(=O)=O)NCc1cc(Cl)c(Cl)n1C.I. The first-order chi connectivity index (χ1) is 10.7. The summed E-state index contributed by atoms with van der Waals surface area (Å²) in [7, 11) is 0.505. The van der Waals surface area contributed by atoms with Gasteiger partial charge in [0, 0.05) is 32.6 Å². The molecule has 0 amide bonds. The first-order valence-corrected chi connectivity index (χ1v) is 9.76. The van der Waals surface area contributed by atoms with Crippen molar-refractivity contribution in [2.45, 2.75) is 6.54 Å². The Morgan fingerprint density at radius 1 is 1.33 bits per heavy atom. The number of halogens is 3. The number of ether oxygens (including phenoxy) is 1. The van der Waals surface area contributed by atoms with Crippen LogP contribution in [0.25, 0.3) is 0 Å². The summed E-state index contributed by atoms with van der Waals surface area (Å²) in [6, 6.07) is 1.79. The molecule has 0 saturated heterocycles. The first kappa shape index (κ1) is 23.8. The number of hydrogen-bond donors (Lipinski definition) is 2. The van der Waals surface area contributed by atoms with Gasteiger partial charge in [-0.15, -0.1) is 24.0 Å². The first-order valence-electron chi connectivity index (χ1n) is 6.94. The lowest BCUT2D eigenvalue weighted by molar-refractivity contribution is 0.154. The quantitative estimate of drug-likeness (QED) is 0.239. The summed E-state index contributed by atoms with van der Waals surface area (Å²) in [6.45, 7) is 1.60. The highest BCUT2D eigenvalue weighted by molar-refractivity contribution is 14.0. The average Bonchev–Trinajstić information content (AvgIpc) is 2.72. The summed E-state index contributed by atoms with van der Waals surface area (Å²) in [5, 5.41) is 7.20. The van der Waals surface area contributed by atoms with Gasteiger partial charge in [0.1, 0.15) is 15.0 Å². The molecule has 0 radical (unpaired) electrons. The summed E-state index contributed by atoms with van der Waals surface area (Å²) in [5.41, 5.74) is 0.923. The van der Waals surface area contributed by atoms with Gasteiger partial charge in [-0.3, -0.25) is 4.99 Å². The third-order valence-corrected chi connectivity index (χ3v) is 4.76. The molecule has 0 aromatic carbocycles. The second-order valence-electron chi connectivity index (χ2n) is 4.93. The number of nitrogens with one attached hydrogen (secondary N) is 2. The fourth-order valence-electron chi connectivity index (χ4n) is 1.71. The van der Waals surface area contributed by atoms with Gasteiger partial charge in [-0.2, -0.15) is 0 Å². The molecule has 0 aliphatic heterocycles. The second-order valence-corrected chi connectivity index (χ2v) is 7.95. The van der Waals surface area contributed by atoms with E-state index in [4.69, 9.17) is 27.9 Å². The Labute approximate surface area is 170 Å². The van der Waals surface area contributed by atoms with Crippen LogP contribution in [0.15, 0.2) is 11.1 Å². The second kappa shape index (κ2) is 11.4. The maximum Gasteiger partial charge on any atom is 0.191 e. The van der Waals surface area contributed by atoms with Crippen molar-refractivity contribution in [2.24, 2.45) is 12.0 Å². The number of aliphatic imine (C=N–C) groups is 1. The van der Waals surface area contributed by atoms with E-state index in [-0.39, 0.29) is 36.3 Å². The molecule has 140 valence electrons. The molecule has 0 unspecified atom stereocenters. The lowest BCUT2D eigenvalue weighted by Crippen LogP contribution is -2.39. The predicted octanol–water partition coefficient (Wildman–Crippen LogP) is 1.68. The van der Waals surface area contributed by atoms with Crippen LogP contribution >= 0.6 is 47.2 Å². The number of rotatable bonds is 8. The Bertz CT molecular complexity index is 650. The van der Waals surface area contributed by atoms with Crippen LogP contribution in [0, 0.1) is 0 Å². The van der Waals surface area contributed by atoms with Crippen molar-refractivity contribution in [1.82, 2.24) is 15.2 Å². The predicted molar refractivity (Wildman–Crippen MR) is 110 cm³/mol. The monoisotopic (exact) mass is 512 g/mol. The Morgan fingerprint density at radius 3 is 2.50 bits per heavy atom. The molecule has 0 fully saturated rings. The van der Waals surface area contributed by atoms with Crippen molar-refractivity contribution >= 4 is 63.0 Å². The van der Waals surface area contributed by atoms with E-state index in [0.29, 0.717) is 35.8 Å². The zero-order chi connectivity index (χ0) is 17.5. The van der Waals surface area contributed by atoms with Gasteiger partial charge >= 0.3 is 0 Å². The number of nitrogens with zero attached hydrogens (tertiary/aromatic N) is 2. The van der Waals surface area contributed by atoms with Gasteiger partial charge in [-0.05, 0) is 6.07 Å². The molecule has 0 saturated carbocycles. The standard InChI is InChI=1S/C13H22Cl2N4O3S.HI/c1-16-13(17-4-5-22-6-7-23(3,20)21)18-9-10-8-11(14)12(15)19(10)2;/h8H,4-7,9H2,1-3H3,(H2,16,17,18);1H. The van der Waals surface area contributed by atoms with Crippen LogP contribution in [0.4, 0.5) is 0 Å². The van der Waals surface area contributed by atoms with Crippen molar-refractivity contribution in [3.8, 4) is 0 Å². The largest absolute Gasteiger partial charge is 0.379 e. The van der Waals surface area contributed by atoms with E-state index in [1.807, 2.05) is 7.05 Å². The van der Waals surface area contributed by atoms with Gasteiger partial charge in [-0.1, -0.05) is 23.2 Å². The van der Waals surface area contributed by atoms with Gasteiger partial charge in [0.2, 0.25) is 0 Å². The van der Waals surface area contributed by atoms with Gasteiger partial charge < -0.3 is 19.9 Å². The van der Waals surface area contributed by atoms with Crippen LogP contribution in [0.2, 0.25) is 10.2 Å². The highest BCUT2D eigenvalue weighted by Gasteiger charge is 2.09. The number of guanidine groups is 1. The minimum Gasteiger partial charge on any atom is -0.379 e. The number of sulfone groups is 1. The summed E-state index contributed by atoms with van der Waals surface area (Å²) in [4.78, 5) is 4.09. The average molecular weight is 513 g/mol. The van der Waals surface area contributed by atoms with Gasteiger partial charge in [-0.25, -0.2) is 8.42 Å². The smallest absolute Gasteiger partial charge is 0.191 e. The third kappa shape index (κ3) is 8.75. The van der Waals surface area contributed by atoms with E-state index < -0.39 is 9.84 Å². The van der Waals surface area contributed by atoms with Crippen LogP contribution < -0.4 is 10.6 Å². The van der Waals surface area contributed by atoms with Crippen molar-refractivity contribution in [3.05, 3.63) is 21.9 Å². The van der Waals surface area contributed by atoms with E-state index >= 15 is 0 Å². The van der Waals surface area contributed by atoms with E-state index in [1.54, 1.807) is 17.7 Å². The lowest BCUT2D eigenvalue weighted by atomic mass is 10.4. The minimum atomic E-state index is -2.98. The molecule has 0 aliphatic carbocycles. The zero-order valence-corrected chi connectivity index (χ0v) is 18.5. The molecule has 0 bridgehead atoms. The maximum absolute atomic E-state index is 10.9. The molecular formula is C13H23Cl2IN4O3S. The maximum atomic E-state index is 10.9. The molecule has 1 aromatic heterocycles. The van der Waals surface area contributed by atoms with Crippen LogP contribution in [-0.2, 0) is 28.2 Å². The van der Waals surface area contributed by atoms with Crippen molar-refractivity contribution in [2.75, 3.05) is 38.8 Å². The van der Waals surface area contributed by atoms with Crippen molar-refractivity contribution in [3.63, 3.8) is 0 Å². The molecule has 2 N–H and O–H groups in total. The summed E-state index contributed by atoms with van der Waals surface area (Å²) < 4.78 is 28.9. The zero-order valence-electron chi connectivity index (χ0n) is 13.8. The normalized spacial score (nSPS) is 12.0. The van der Waals surface area contributed by atoms with Crippen molar-refractivity contribution < 1.29 is 13.2 Å². The molecule has 0 aliphatic rings. The van der Waals surface area contributed by atoms with E-state index in [0.717, 1.165) is 5.69 Å². The fraction of sp³-hybridized carbons (Fsp3) is 0.615. The highest BCUT2D eigenvalue weighted by Crippen LogP contribution is 2.24. The van der Waals surface area contributed by atoms with Crippen LogP contribution in [0.5, 0.6) is 0 Å². The van der Waals surface area contributed by atoms with Crippen LogP contribution in [-0.4, -0.2) is 57.8 Å². The van der Waals surface area contributed by atoms with E-state index in [2.05, 4.69) is 15.6 Å². The van der Waals surface area contributed by atoms with Crippen molar-refractivity contribution in [1.29, 1.82) is 0 Å². The molecular weight excluding hydrogens is 490 g/mol. The molecule has 1 aromatic rings. The fourth-order valence-corrected chi connectivity index (χ4v) is 2.54. The lowest BCUT2D eigenvalue weighted by Gasteiger charge is -2.12. The Hall–Kier alpha value is -0.230. The molecule has 1 heterocycles. The minimum absolute atomic E-state index is 0. The molecule has 7 nitrogen and oxygen atoms in total. The summed E-state index contributed by atoms with van der Waals surface area (Å²) in [5.74, 6) is 0.625. The Balaban J connectivity index is 0.00000529. The number of hydrogen-bond acceptors (Lipinski definition) is 4. The Morgan fingerprint density at radius 2 is 2.00 bits per heavy atom. The van der Waals surface area contributed by atoms with Gasteiger partial charge in [0.15, 0.2) is 5.96 Å². The highest BCUT2D eigenvalue weighted by atomic mass is 127. The van der Waals surface area contributed by atoms with Gasteiger partial charge in [0.05, 0.1) is 30.5 Å². The molecule has 1 rings (SSSR count). The van der Waals surface area contributed by atoms with Crippen LogP contribution in [0.1, 0.15) is 5.69 Å². The molecule has 11 heteroatoms. The topological polar surface area (TPSA) is 84.7 Å². The third-order valence-electron chi connectivity index (χ3n) is 3.01. The van der Waals surface area contributed by atoms with Crippen LogP contribution in [0.3, 0.4) is 0 Å². The number of aromatic nitrogens is 1.